The lowest BCUT2D eigenvalue weighted by molar-refractivity contribution is -0.145. The summed E-state index contributed by atoms with van der Waals surface area (Å²) in [6.45, 7) is 2.78. The molecule has 7 nitrogen and oxygen atoms in total. The zero-order valence-electron chi connectivity index (χ0n) is 19.7. The van der Waals surface area contributed by atoms with Crippen molar-refractivity contribution in [1.29, 1.82) is 0 Å². The molecule has 1 aromatic carbocycles. The molecule has 0 unspecified atom stereocenters. The van der Waals surface area contributed by atoms with E-state index >= 15 is 0 Å². The number of methoxy groups -OCH3 is 1. The number of amides is 1. The fraction of sp³-hybridized carbons (Fsp3) is 0.375. The van der Waals surface area contributed by atoms with Crippen LogP contribution in [0.4, 0.5) is 22.0 Å². The number of nitrogens with one attached hydrogen (secondary N) is 1. The fourth-order valence-corrected chi connectivity index (χ4v) is 3.68. The van der Waals surface area contributed by atoms with Crippen molar-refractivity contribution in [3.05, 3.63) is 64.6 Å². The molecule has 0 aliphatic rings. The maximum Gasteiger partial charge on any atom is 0.389 e. The van der Waals surface area contributed by atoms with Gasteiger partial charge in [-0.05, 0) is 50.5 Å². The van der Waals surface area contributed by atoms with Crippen molar-refractivity contribution < 1.29 is 41.0 Å². The zero-order valence-corrected chi connectivity index (χ0v) is 19.7. The van der Waals surface area contributed by atoms with E-state index in [0.29, 0.717) is 5.56 Å². The van der Waals surface area contributed by atoms with Crippen molar-refractivity contribution in [2.75, 3.05) is 7.11 Å². The molecule has 1 N–H and O–H groups in total. The number of imidazole rings is 1. The van der Waals surface area contributed by atoms with Crippen LogP contribution in [0.25, 0.3) is 5.65 Å². The smallest absolute Gasteiger partial charge is 0.389 e. The van der Waals surface area contributed by atoms with Crippen LogP contribution >= 0.6 is 0 Å². The largest absolute Gasteiger partial charge is 0.485 e. The molecule has 1 amide bonds. The number of fused-ring (bicyclic) bond motifs is 1. The quantitative estimate of drug-likeness (QED) is 0.328. The van der Waals surface area contributed by atoms with Crippen LogP contribution in [-0.4, -0.2) is 40.6 Å². The zero-order chi connectivity index (χ0) is 26.6. The lowest BCUT2D eigenvalue weighted by atomic mass is 10.1. The van der Waals surface area contributed by atoms with Crippen molar-refractivity contribution in [1.82, 2.24) is 14.7 Å². The van der Waals surface area contributed by atoms with Crippen molar-refractivity contribution in [3.8, 4) is 5.75 Å². The van der Waals surface area contributed by atoms with Gasteiger partial charge in [-0.3, -0.25) is 9.20 Å². The van der Waals surface area contributed by atoms with Crippen molar-refractivity contribution in [3.63, 3.8) is 0 Å². The molecular weight excluding hydrogens is 489 g/mol. The van der Waals surface area contributed by atoms with Crippen LogP contribution in [0.3, 0.4) is 0 Å². The SMILES string of the molecule is COC(=O)[C@H](CCCC(F)(F)F)NC(=O)c1c(C)nc2c(OCc3c(F)cccc3F)cc(C)cn12. The second kappa shape index (κ2) is 10.9. The number of pyridine rings is 1. The van der Waals surface area contributed by atoms with Crippen LogP contribution in [0.2, 0.25) is 0 Å². The predicted molar refractivity (Wildman–Crippen MR) is 119 cm³/mol. The van der Waals surface area contributed by atoms with Gasteiger partial charge >= 0.3 is 12.1 Å². The molecule has 0 aliphatic carbocycles. The molecule has 0 bridgehead atoms. The highest BCUT2D eigenvalue weighted by Gasteiger charge is 2.30. The summed E-state index contributed by atoms with van der Waals surface area (Å²) in [6.07, 6.45) is -4.62. The van der Waals surface area contributed by atoms with Crippen LogP contribution in [0, 0.1) is 25.5 Å². The molecule has 0 saturated heterocycles. The van der Waals surface area contributed by atoms with Crippen molar-refractivity contribution >= 4 is 17.5 Å². The number of aryl methyl sites for hydroxylation is 2. The number of hydrogen-bond donors (Lipinski definition) is 1. The van der Waals surface area contributed by atoms with Gasteiger partial charge in [0.25, 0.3) is 5.91 Å². The van der Waals surface area contributed by atoms with E-state index in [1.165, 1.54) is 17.4 Å². The van der Waals surface area contributed by atoms with Crippen LogP contribution in [0.1, 0.15) is 46.6 Å². The van der Waals surface area contributed by atoms with Gasteiger partial charge in [-0.25, -0.2) is 18.6 Å². The third-order valence-corrected chi connectivity index (χ3v) is 5.39. The molecule has 2 heterocycles. The Morgan fingerprint density at radius 1 is 1.17 bits per heavy atom. The van der Waals surface area contributed by atoms with Gasteiger partial charge in [0, 0.05) is 12.6 Å². The number of carbonyl (C=O) groups is 2. The summed E-state index contributed by atoms with van der Waals surface area (Å²) in [5.74, 6) is -3.06. The number of halogens is 5. The summed E-state index contributed by atoms with van der Waals surface area (Å²) >= 11 is 0. The average molecular weight is 513 g/mol. The maximum absolute atomic E-state index is 14.0. The second-order valence-corrected chi connectivity index (χ2v) is 8.17. The van der Waals surface area contributed by atoms with E-state index in [0.717, 1.165) is 19.2 Å². The molecule has 36 heavy (non-hydrogen) atoms. The molecule has 194 valence electrons. The van der Waals surface area contributed by atoms with Gasteiger partial charge in [-0.15, -0.1) is 0 Å². The summed E-state index contributed by atoms with van der Waals surface area (Å²) in [5.41, 5.74) is 0.761. The molecule has 0 saturated carbocycles. The molecular formula is C24H24F5N3O4. The molecule has 0 spiro atoms. The molecule has 1 atom stereocenters. The Hall–Kier alpha value is -3.70. The summed E-state index contributed by atoms with van der Waals surface area (Å²) in [6, 6.07) is 3.70. The lowest BCUT2D eigenvalue weighted by Gasteiger charge is -2.17. The minimum atomic E-state index is -4.40. The fourth-order valence-electron chi connectivity index (χ4n) is 3.68. The monoisotopic (exact) mass is 513 g/mol. The van der Waals surface area contributed by atoms with E-state index in [2.05, 4.69) is 15.0 Å². The standard InChI is InChI=1S/C24H24F5N3O4/c1-13-10-19(36-12-15-16(25)6-4-7-17(15)26)21-30-14(2)20(32(21)11-13)22(33)31-18(23(34)35-3)8-5-9-24(27,28)29/h4,6-7,10-11,18H,5,8-9,12H2,1-3H3,(H,31,33)/t18-/m0/s1. The molecule has 3 aromatic rings. The summed E-state index contributed by atoms with van der Waals surface area (Å²) in [4.78, 5) is 29.5. The van der Waals surface area contributed by atoms with Crippen molar-refractivity contribution in [2.45, 2.75) is 51.9 Å². The van der Waals surface area contributed by atoms with E-state index in [1.807, 2.05) is 0 Å². The molecule has 0 radical (unpaired) electrons. The van der Waals surface area contributed by atoms with Crippen LogP contribution in [0.5, 0.6) is 5.75 Å². The number of aromatic nitrogens is 2. The topological polar surface area (TPSA) is 81.9 Å². The number of esters is 1. The number of hydrogen-bond acceptors (Lipinski definition) is 5. The number of alkyl halides is 3. The third kappa shape index (κ3) is 6.29. The third-order valence-electron chi connectivity index (χ3n) is 5.39. The Morgan fingerprint density at radius 3 is 2.44 bits per heavy atom. The number of nitrogens with zero attached hydrogens (tertiary/aromatic N) is 2. The lowest BCUT2D eigenvalue weighted by Crippen LogP contribution is -2.42. The number of carbonyl (C=O) groups excluding carboxylic acids is 2. The first kappa shape index (κ1) is 26.9. The Morgan fingerprint density at radius 2 is 1.83 bits per heavy atom. The van der Waals surface area contributed by atoms with E-state index in [4.69, 9.17) is 4.74 Å². The summed E-state index contributed by atoms with van der Waals surface area (Å²) in [5, 5.41) is 2.42. The summed E-state index contributed by atoms with van der Waals surface area (Å²) in [7, 11) is 1.07. The van der Waals surface area contributed by atoms with E-state index < -0.39 is 48.8 Å². The first-order valence-electron chi connectivity index (χ1n) is 10.9. The van der Waals surface area contributed by atoms with Gasteiger partial charge < -0.3 is 14.8 Å². The van der Waals surface area contributed by atoms with E-state index in [9.17, 15) is 31.5 Å². The Balaban J connectivity index is 1.88. The number of benzene rings is 1. The van der Waals surface area contributed by atoms with Gasteiger partial charge in [0.2, 0.25) is 0 Å². The van der Waals surface area contributed by atoms with Crippen LogP contribution in [-0.2, 0) is 16.1 Å². The van der Waals surface area contributed by atoms with Crippen LogP contribution < -0.4 is 10.1 Å². The highest BCUT2D eigenvalue weighted by Crippen LogP contribution is 2.27. The molecule has 0 aliphatic heterocycles. The van der Waals surface area contributed by atoms with Gasteiger partial charge in [0.15, 0.2) is 11.4 Å². The summed E-state index contributed by atoms with van der Waals surface area (Å²) < 4.78 is 77.2. The Kier molecular flexibility index (Phi) is 8.16. The van der Waals surface area contributed by atoms with Gasteiger partial charge in [0.1, 0.15) is 30.0 Å². The van der Waals surface area contributed by atoms with Crippen molar-refractivity contribution in [2.24, 2.45) is 0 Å². The molecule has 3 rings (SSSR count). The second-order valence-electron chi connectivity index (χ2n) is 8.17. The van der Waals surface area contributed by atoms with Gasteiger partial charge in [-0.2, -0.15) is 13.2 Å². The molecule has 2 aromatic heterocycles. The first-order valence-corrected chi connectivity index (χ1v) is 10.9. The van der Waals surface area contributed by atoms with E-state index in [-0.39, 0.29) is 41.2 Å². The van der Waals surface area contributed by atoms with Gasteiger partial charge in [-0.1, -0.05) is 6.07 Å². The van der Waals surface area contributed by atoms with Gasteiger partial charge in [0.05, 0.1) is 18.4 Å². The van der Waals surface area contributed by atoms with E-state index in [1.54, 1.807) is 19.2 Å². The number of ether oxygens (including phenoxy) is 2. The normalized spacial score (nSPS) is 12.4. The highest BCUT2D eigenvalue weighted by atomic mass is 19.4. The first-order chi connectivity index (χ1) is 16.9. The predicted octanol–water partition coefficient (Wildman–Crippen LogP) is 4.81. The number of rotatable bonds is 9. The maximum atomic E-state index is 14.0. The van der Waals surface area contributed by atoms with Crippen LogP contribution in [0.15, 0.2) is 30.5 Å². The average Bonchev–Trinajstić information content (AvgIpc) is 3.12. The molecule has 0 fully saturated rings. The minimum absolute atomic E-state index is 0.0142. The Labute approximate surface area is 203 Å². The Bertz CT molecular complexity index is 1250. The highest BCUT2D eigenvalue weighted by molar-refractivity contribution is 5.97. The minimum Gasteiger partial charge on any atom is -0.485 e. The molecule has 12 heteroatoms.